The Labute approximate surface area is 164 Å². The first-order chi connectivity index (χ1) is 13.6. The predicted octanol–water partition coefficient (Wildman–Crippen LogP) is 6.24. The Hall–Kier alpha value is -3.33. The van der Waals surface area contributed by atoms with Gasteiger partial charge in [-0.25, -0.2) is 4.98 Å². The SMILES string of the molecule is COc1ccc2c3ccccc3n3c(-c4c(C)cc(C)cc4C)cnc3c2c1. The molecule has 0 fully saturated rings. The third-order valence-electron chi connectivity index (χ3n) is 5.60. The monoisotopic (exact) mass is 366 g/mol. The number of methoxy groups -OCH3 is 1. The Kier molecular flexibility index (Phi) is 3.66. The third-order valence-corrected chi connectivity index (χ3v) is 5.60. The maximum atomic E-state index is 5.49. The van der Waals surface area contributed by atoms with Crippen molar-refractivity contribution in [2.75, 3.05) is 7.11 Å². The van der Waals surface area contributed by atoms with Crippen molar-refractivity contribution in [2.45, 2.75) is 20.8 Å². The molecule has 0 atom stereocenters. The number of pyridine rings is 1. The van der Waals surface area contributed by atoms with E-state index in [4.69, 9.17) is 9.72 Å². The number of aromatic nitrogens is 2. The zero-order valence-corrected chi connectivity index (χ0v) is 16.6. The molecule has 0 radical (unpaired) electrons. The van der Waals surface area contributed by atoms with Gasteiger partial charge < -0.3 is 4.74 Å². The van der Waals surface area contributed by atoms with Crippen molar-refractivity contribution in [2.24, 2.45) is 0 Å². The Bertz CT molecular complexity index is 1360. The van der Waals surface area contributed by atoms with Crippen LogP contribution in [0, 0.1) is 20.8 Å². The van der Waals surface area contributed by atoms with Gasteiger partial charge in [0.15, 0.2) is 0 Å². The van der Waals surface area contributed by atoms with Crippen LogP contribution in [0.3, 0.4) is 0 Å². The van der Waals surface area contributed by atoms with Crippen molar-refractivity contribution in [3.63, 3.8) is 0 Å². The van der Waals surface area contributed by atoms with Crippen LogP contribution >= 0.6 is 0 Å². The largest absolute Gasteiger partial charge is 0.497 e. The van der Waals surface area contributed by atoms with Gasteiger partial charge in [-0.15, -0.1) is 0 Å². The molecule has 2 heterocycles. The van der Waals surface area contributed by atoms with E-state index in [1.54, 1.807) is 7.11 Å². The number of aryl methyl sites for hydroxylation is 3. The first kappa shape index (κ1) is 16.8. The maximum absolute atomic E-state index is 5.49. The van der Waals surface area contributed by atoms with Crippen molar-refractivity contribution < 1.29 is 4.74 Å². The molecular formula is C25H22N2O. The zero-order chi connectivity index (χ0) is 19.4. The van der Waals surface area contributed by atoms with Crippen LogP contribution in [-0.4, -0.2) is 16.5 Å². The van der Waals surface area contributed by atoms with Crippen LogP contribution in [0.5, 0.6) is 5.75 Å². The number of nitrogens with zero attached hydrogens (tertiary/aromatic N) is 2. The topological polar surface area (TPSA) is 26.5 Å². The minimum absolute atomic E-state index is 0.844. The van der Waals surface area contributed by atoms with E-state index in [9.17, 15) is 0 Å². The molecule has 0 saturated carbocycles. The second-order valence-corrected chi connectivity index (χ2v) is 7.50. The van der Waals surface area contributed by atoms with Gasteiger partial charge in [0, 0.05) is 16.3 Å². The number of imidazole rings is 1. The molecule has 0 aliphatic carbocycles. The second-order valence-electron chi connectivity index (χ2n) is 7.50. The number of benzene rings is 3. The van der Waals surface area contributed by atoms with Gasteiger partial charge in [-0.2, -0.15) is 0 Å². The lowest BCUT2D eigenvalue weighted by atomic mass is 9.97. The number of rotatable bonds is 2. The van der Waals surface area contributed by atoms with Crippen LogP contribution in [0.2, 0.25) is 0 Å². The number of para-hydroxylation sites is 1. The Morgan fingerprint density at radius 1 is 0.821 bits per heavy atom. The highest BCUT2D eigenvalue weighted by molar-refractivity contribution is 6.12. The van der Waals surface area contributed by atoms with Gasteiger partial charge >= 0.3 is 0 Å². The minimum Gasteiger partial charge on any atom is -0.497 e. The minimum atomic E-state index is 0.844. The van der Waals surface area contributed by atoms with Crippen molar-refractivity contribution in [3.05, 3.63) is 77.5 Å². The molecule has 28 heavy (non-hydrogen) atoms. The highest BCUT2D eigenvalue weighted by Gasteiger charge is 2.17. The molecule has 0 unspecified atom stereocenters. The lowest BCUT2D eigenvalue weighted by molar-refractivity contribution is 0.415. The van der Waals surface area contributed by atoms with Crippen molar-refractivity contribution >= 4 is 27.3 Å². The fourth-order valence-corrected chi connectivity index (χ4v) is 4.51. The molecule has 138 valence electrons. The fourth-order valence-electron chi connectivity index (χ4n) is 4.51. The second kappa shape index (κ2) is 6.10. The summed E-state index contributed by atoms with van der Waals surface area (Å²) in [6, 6.07) is 19.3. The van der Waals surface area contributed by atoms with E-state index < -0.39 is 0 Å². The summed E-state index contributed by atoms with van der Waals surface area (Å²) >= 11 is 0. The summed E-state index contributed by atoms with van der Waals surface area (Å²) in [6.07, 6.45) is 2.01. The molecule has 2 aromatic heterocycles. The van der Waals surface area contributed by atoms with Crippen LogP contribution in [0.15, 0.2) is 60.8 Å². The highest BCUT2D eigenvalue weighted by Crippen LogP contribution is 2.36. The van der Waals surface area contributed by atoms with Gasteiger partial charge in [0.25, 0.3) is 0 Å². The molecule has 5 rings (SSSR count). The Balaban J connectivity index is 2.00. The summed E-state index contributed by atoms with van der Waals surface area (Å²) < 4.78 is 7.78. The average molecular weight is 366 g/mol. The summed E-state index contributed by atoms with van der Waals surface area (Å²) in [5.41, 5.74) is 8.34. The average Bonchev–Trinajstić information content (AvgIpc) is 3.12. The number of hydrogen-bond acceptors (Lipinski definition) is 2. The van der Waals surface area contributed by atoms with E-state index in [2.05, 4.69) is 73.7 Å². The number of fused-ring (bicyclic) bond motifs is 6. The van der Waals surface area contributed by atoms with Crippen molar-refractivity contribution in [1.82, 2.24) is 9.38 Å². The standard InChI is InChI=1S/C25H22N2O/c1-15-11-16(2)24(17(3)12-15)23-14-26-25-21-13-18(28-4)9-10-19(21)20-7-5-6-8-22(20)27(23)25/h5-14H,1-4H3. The van der Waals surface area contributed by atoms with Gasteiger partial charge in [-0.05, 0) is 61.5 Å². The molecule has 3 aromatic carbocycles. The molecule has 5 aromatic rings. The molecular weight excluding hydrogens is 344 g/mol. The molecule has 3 nitrogen and oxygen atoms in total. The van der Waals surface area contributed by atoms with E-state index in [1.807, 2.05) is 12.3 Å². The molecule has 3 heteroatoms. The summed E-state index contributed by atoms with van der Waals surface area (Å²) in [4.78, 5) is 4.86. The highest BCUT2D eigenvalue weighted by atomic mass is 16.5. The molecule has 0 spiro atoms. The molecule has 0 bridgehead atoms. The molecule has 0 amide bonds. The smallest absolute Gasteiger partial charge is 0.145 e. The zero-order valence-electron chi connectivity index (χ0n) is 16.6. The Morgan fingerprint density at radius 3 is 2.32 bits per heavy atom. The molecule has 0 N–H and O–H groups in total. The first-order valence-electron chi connectivity index (χ1n) is 9.52. The fraction of sp³-hybridized carbons (Fsp3) is 0.160. The van der Waals surface area contributed by atoms with Crippen LogP contribution < -0.4 is 4.74 Å². The normalized spacial score (nSPS) is 11.6. The summed E-state index contributed by atoms with van der Waals surface area (Å²) in [6.45, 7) is 6.51. The lowest BCUT2D eigenvalue weighted by Crippen LogP contribution is -1.97. The number of hydrogen-bond donors (Lipinski definition) is 0. The third kappa shape index (κ3) is 2.32. The van der Waals surface area contributed by atoms with Crippen LogP contribution in [0.1, 0.15) is 16.7 Å². The lowest BCUT2D eigenvalue weighted by Gasteiger charge is -2.14. The van der Waals surface area contributed by atoms with Gasteiger partial charge in [0.1, 0.15) is 11.4 Å². The quantitative estimate of drug-likeness (QED) is 0.346. The molecule has 0 aliphatic heterocycles. The van der Waals surface area contributed by atoms with E-state index in [-0.39, 0.29) is 0 Å². The number of ether oxygens (including phenoxy) is 1. The van der Waals surface area contributed by atoms with E-state index in [0.717, 1.165) is 22.5 Å². The van der Waals surface area contributed by atoms with Crippen LogP contribution in [0.25, 0.3) is 38.6 Å². The summed E-state index contributed by atoms with van der Waals surface area (Å²) in [7, 11) is 1.70. The van der Waals surface area contributed by atoms with Crippen LogP contribution in [0.4, 0.5) is 0 Å². The van der Waals surface area contributed by atoms with E-state index in [1.165, 1.54) is 38.5 Å². The maximum Gasteiger partial charge on any atom is 0.145 e. The first-order valence-corrected chi connectivity index (χ1v) is 9.52. The van der Waals surface area contributed by atoms with Gasteiger partial charge in [-0.3, -0.25) is 4.40 Å². The summed E-state index contributed by atoms with van der Waals surface area (Å²) in [5, 5.41) is 3.51. The van der Waals surface area contributed by atoms with Crippen molar-refractivity contribution in [1.29, 1.82) is 0 Å². The van der Waals surface area contributed by atoms with Gasteiger partial charge in [-0.1, -0.05) is 35.9 Å². The molecule has 0 saturated heterocycles. The predicted molar refractivity (Wildman–Crippen MR) is 116 cm³/mol. The Morgan fingerprint density at radius 2 is 1.57 bits per heavy atom. The van der Waals surface area contributed by atoms with Crippen molar-refractivity contribution in [3.8, 4) is 17.0 Å². The van der Waals surface area contributed by atoms with Gasteiger partial charge in [0.05, 0.1) is 24.5 Å². The van der Waals surface area contributed by atoms with Crippen LogP contribution in [-0.2, 0) is 0 Å². The van der Waals surface area contributed by atoms with E-state index in [0.29, 0.717) is 0 Å². The van der Waals surface area contributed by atoms with Gasteiger partial charge in [0.2, 0.25) is 0 Å². The summed E-state index contributed by atoms with van der Waals surface area (Å²) in [5.74, 6) is 0.844. The van der Waals surface area contributed by atoms with E-state index >= 15 is 0 Å². The molecule has 0 aliphatic rings.